The highest BCUT2D eigenvalue weighted by atomic mass is 16.5. The Balaban J connectivity index is 2.07. The molecule has 2 rings (SSSR count). The molecular formula is C15H21NO3. The summed E-state index contributed by atoms with van der Waals surface area (Å²) in [5.74, 6) is 0.650. The highest BCUT2D eigenvalue weighted by Gasteiger charge is 2.25. The van der Waals surface area contributed by atoms with E-state index in [-0.39, 0.29) is 12.1 Å². The molecule has 0 spiro atoms. The summed E-state index contributed by atoms with van der Waals surface area (Å²) in [6.45, 7) is 2.14. The summed E-state index contributed by atoms with van der Waals surface area (Å²) in [6.07, 6.45) is 4.48. The van der Waals surface area contributed by atoms with Gasteiger partial charge in [0.2, 0.25) is 0 Å². The van der Waals surface area contributed by atoms with Crippen LogP contribution in [-0.4, -0.2) is 19.2 Å². The molecule has 0 bridgehead atoms. The van der Waals surface area contributed by atoms with Crippen molar-refractivity contribution in [2.75, 3.05) is 12.8 Å². The minimum Gasteiger partial charge on any atom is -0.495 e. The Morgan fingerprint density at radius 2 is 2.05 bits per heavy atom. The zero-order chi connectivity index (χ0) is 13.8. The van der Waals surface area contributed by atoms with Crippen LogP contribution in [0.2, 0.25) is 0 Å². The Labute approximate surface area is 113 Å². The third-order valence-electron chi connectivity index (χ3n) is 3.76. The molecule has 2 unspecified atom stereocenters. The number of benzene rings is 1. The van der Waals surface area contributed by atoms with Crippen LogP contribution < -0.4 is 10.5 Å². The highest BCUT2D eigenvalue weighted by Crippen LogP contribution is 2.28. The van der Waals surface area contributed by atoms with Crippen molar-refractivity contribution in [3.05, 3.63) is 23.8 Å². The quantitative estimate of drug-likeness (QED) is 0.672. The minimum absolute atomic E-state index is 0.0322. The van der Waals surface area contributed by atoms with Crippen LogP contribution in [0.1, 0.15) is 43.0 Å². The van der Waals surface area contributed by atoms with Gasteiger partial charge in [0.15, 0.2) is 0 Å². The Hall–Kier alpha value is -1.71. The Bertz CT molecular complexity index is 459. The summed E-state index contributed by atoms with van der Waals surface area (Å²) >= 11 is 0. The first-order valence-electron chi connectivity index (χ1n) is 6.76. The molecule has 4 nitrogen and oxygen atoms in total. The topological polar surface area (TPSA) is 61.5 Å². The fourth-order valence-corrected chi connectivity index (χ4v) is 2.50. The van der Waals surface area contributed by atoms with Crippen molar-refractivity contribution in [3.8, 4) is 5.75 Å². The lowest BCUT2D eigenvalue weighted by atomic mass is 9.88. The van der Waals surface area contributed by atoms with Crippen LogP contribution in [0.3, 0.4) is 0 Å². The number of hydrogen-bond acceptors (Lipinski definition) is 4. The van der Waals surface area contributed by atoms with Gasteiger partial charge in [-0.05, 0) is 43.4 Å². The van der Waals surface area contributed by atoms with Crippen molar-refractivity contribution in [2.45, 2.75) is 38.7 Å². The van der Waals surface area contributed by atoms with E-state index in [2.05, 4.69) is 6.92 Å². The van der Waals surface area contributed by atoms with Crippen LogP contribution in [0.5, 0.6) is 5.75 Å². The van der Waals surface area contributed by atoms with E-state index < -0.39 is 0 Å². The molecule has 2 N–H and O–H groups in total. The molecule has 1 aromatic carbocycles. The molecule has 1 aliphatic rings. The van der Waals surface area contributed by atoms with Gasteiger partial charge in [0, 0.05) is 0 Å². The predicted molar refractivity (Wildman–Crippen MR) is 74.2 cm³/mol. The Morgan fingerprint density at radius 1 is 1.32 bits per heavy atom. The van der Waals surface area contributed by atoms with Gasteiger partial charge in [-0.25, -0.2) is 4.79 Å². The summed E-state index contributed by atoms with van der Waals surface area (Å²) in [4.78, 5) is 12.1. The van der Waals surface area contributed by atoms with Crippen LogP contribution >= 0.6 is 0 Å². The molecule has 0 saturated heterocycles. The van der Waals surface area contributed by atoms with E-state index in [1.165, 1.54) is 13.5 Å². The van der Waals surface area contributed by atoms with E-state index in [4.69, 9.17) is 15.2 Å². The number of anilines is 1. The maximum atomic E-state index is 12.1. The molecule has 1 fully saturated rings. The van der Waals surface area contributed by atoms with Crippen LogP contribution in [0, 0.1) is 5.92 Å². The van der Waals surface area contributed by atoms with Gasteiger partial charge in [-0.3, -0.25) is 0 Å². The molecule has 4 heteroatoms. The molecule has 19 heavy (non-hydrogen) atoms. The average Bonchev–Trinajstić information content (AvgIpc) is 2.42. The van der Waals surface area contributed by atoms with Crippen LogP contribution in [0.4, 0.5) is 5.69 Å². The zero-order valence-corrected chi connectivity index (χ0v) is 11.5. The summed E-state index contributed by atoms with van der Waals surface area (Å²) in [5.41, 5.74) is 6.74. The Kier molecular flexibility index (Phi) is 4.30. The number of hydrogen-bond donors (Lipinski definition) is 1. The maximum absolute atomic E-state index is 12.1. The standard InChI is InChI=1S/C15H21NO3/c1-10-5-3-4-6-13(10)19-15(17)11-7-8-12(16)14(9-11)18-2/h7-10,13H,3-6,16H2,1-2H3. The van der Waals surface area contributed by atoms with Crippen molar-refractivity contribution >= 4 is 11.7 Å². The van der Waals surface area contributed by atoms with E-state index in [1.54, 1.807) is 18.2 Å². The monoisotopic (exact) mass is 263 g/mol. The Morgan fingerprint density at radius 3 is 2.74 bits per heavy atom. The number of rotatable bonds is 3. The second-order valence-electron chi connectivity index (χ2n) is 5.16. The zero-order valence-electron chi connectivity index (χ0n) is 11.5. The number of nitrogen functional groups attached to an aromatic ring is 1. The molecule has 0 radical (unpaired) electrons. The van der Waals surface area contributed by atoms with Crippen LogP contribution in [-0.2, 0) is 4.74 Å². The number of esters is 1. The van der Waals surface area contributed by atoms with Gasteiger partial charge in [0.25, 0.3) is 0 Å². The van der Waals surface area contributed by atoms with E-state index in [9.17, 15) is 4.79 Å². The minimum atomic E-state index is -0.294. The average molecular weight is 263 g/mol. The first kappa shape index (κ1) is 13.7. The molecule has 1 aliphatic carbocycles. The molecule has 1 saturated carbocycles. The fraction of sp³-hybridized carbons (Fsp3) is 0.533. The normalized spacial score (nSPS) is 22.8. The lowest BCUT2D eigenvalue weighted by Gasteiger charge is -2.28. The maximum Gasteiger partial charge on any atom is 0.338 e. The first-order valence-corrected chi connectivity index (χ1v) is 6.76. The summed E-state index contributed by atoms with van der Waals surface area (Å²) in [6, 6.07) is 4.97. The molecule has 104 valence electrons. The molecule has 0 aliphatic heterocycles. The van der Waals surface area contributed by atoms with Crippen molar-refractivity contribution in [1.29, 1.82) is 0 Å². The van der Waals surface area contributed by atoms with E-state index in [0.29, 0.717) is 22.9 Å². The molecule has 0 heterocycles. The van der Waals surface area contributed by atoms with Gasteiger partial charge in [-0.2, -0.15) is 0 Å². The van der Waals surface area contributed by atoms with Gasteiger partial charge in [-0.15, -0.1) is 0 Å². The number of carbonyl (C=O) groups is 1. The number of nitrogens with two attached hydrogens (primary N) is 1. The van der Waals surface area contributed by atoms with Gasteiger partial charge in [0.1, 0.15) is 11.9 Å². The highest BCUT2D eigenvalue weighted by molar-refractivity contribution is 5.90. The predicted octanol–water partition coefficient (Wildman–Crippen LogP) is 3.01. The van der Waals surface area contributed by atoms with Crippen molar-refractivity contribution in [3.63, 3.8) is 0 Å². The lowest BCUT2D eigenvalue weighted by molar-refractivity contribution is 0.00479. The van der Waals surface area contributed by atoms with Crippen molar-refractivity contribution < 1.29 is 14.3 Å². The first-order chi connectivity index (χ1) is 9.11. The fourth-order valence-electron chi connectivity index (χ4n) is 2.50. The van der Waals surface area contributed by atoms with Crippen LogP contribution in [0.15, 0.2) is 18.2 Å². The molecule has 1 aromatic rings. The number of carbonyl (C=O) groups excluding carboxylic acids is 1. The second kappa shape index (κ2) is 5.95. The van der Waals surface area contributed by atoms with Gasteiger partial charge in [-0.1, -0.05) is 13.3 Å². The van der Waals surface area contributed by atoms with Gasteiger partial charge < -0.3 is 15.2 Å². The summed E-state index contributed by atoms with van der Waals surface area (Å²) < 4.78 is 10.7. The molecule has 2 atom stereocenters. The molecule has 0 amide bonds. The number of ether oxygens (including phenoxy) is 2. The SMILES string of the molecule is COc1cc(C(=O)OC2CCCCC2C)ccc1N. The van der Waals surface area contributed by atoms with Crippen molar-refractivity contribution in [2.24, 2.45) is 5.92 Å². The van der Waals surface area contributed by atoms with Crippen molar-refractivity contribution in [1.82, 2.24) is 0 Å². The van der Waals surface area contributed by atoms with Gasteiger partial charge in [0.05, 0.1) is 18.4 Å². The summed E-state index contributed by atoms with van der Waals surface area (Å²) in [7, 11) is 1.53. The lowest BCUT2D eigenvalue weighted by Crippen LogP contribution is -2.28. The smallest absolute Gasteiger partial charge is 0.338 e. The van der Waals surface area contributed by atoms with E-state index in [1.807, 2.05) is 0 Å². The largest absolute Gasteiger partial charge is 0.495 e. The third-order valence-corrected chi connectivity index (χ3v) is 3.76. The molecular weight excluding hydrogens is 242 g/mol. The second-order valence-corrected chi connectivity index (χ2v) is 5.16. The van der Waals surface area contributed by atoms with Crippen LogP contribution in [0.25, 0.3) is 0 Å². The summed E-state index contributed by atoms with van der Waals surface area (Å²) in [5, 5.41) is 0. The van der Waals surface area contributed by atoms with E-state index in [0.717, 1.165) is 19.3 Å². The third kappa shape index (κ3) is 3.19. The molecule has 0 aromatic heterocycles. The van der Waals surface area contributed by atoms with E-state index >= 15 is 0 Å². The van der Waals surface area contributed by atoms with Gasteiger partial charge >= 0.3 is 5.97 Å². The number of methoxy groups -OCH3 is 1.